The van der Waals surface area contributed by atoms with Crippen LogP contribution in [-0.2, 0) is 32.1 Å². The minimum Gasteiger partial charge on any atom is -0.508 e. The van der Waals surface area contributed by atoms with E-state index in [1.807, 2.05) is 60.7 Å². The normalized spacial score (nSPS) is 28.2. The predicted molar refractivity (Wildman–Crippen MR) is 511 cm³/mol. The molecule has 0 aliphatic heterocycles. The molecule has 0 saturated heterocycles. The summed E-state index contributed by atoms with van der Waals surface area (Å²) < 4.78 is 18.9. The molecule has 0 aromatic heterocycles. The van der Waals surface area contributed by atoms with Gasteiger partial charge in [0.1, 0.15) is 28.7 Å². The second kappa shape index (κ2) is 32.9. The summed E-state index contributed by atoms with van der Waals surface area (Å²) in [4.78, 5) is 0. The van der Waals surface area contributed by atoms with Crippen molar-refractivity contribution in [2.75, 3.05) is 21.3 Å². The van der Waals surface area contributed by atoms with Crippen LogP contribution in [0.15, 0.2) is 197 Å². The lowest BCUT2D eigenvalue weighted by Crippen LogP contribution is -2.26. The molecule has 5 saturated carbocycles. The summed E-state index contributed by atoms with van der Waals surface area (Å²) in [5.74, 6) is 24.8. The standard InChI is InChI=1S/C28H28O.C27H26O.C20H23BrO.C20H24O.C19H21BrO/c1-19-15-27-26-16-21(10-9-20-7-5-4-6-8-20)23-12-11-22(29-3)17-25(23)24(26)13-14-28(27,2)18-19;1-18-14-26-25-15-20(9-8-19-6-4-3-5-7-19)22-11-10-21(28)16-24(22)23(25)12-13-27(26,2)17-18;1-12-8-18-17-10-19(21)15-5-4-13(22-3)9-16(15)14(17)6-7-20(18,2)11-12;1-13-10-19-17-7-5-14-4-6-15(21-3)11-18(14)16(17)8-9-20(19,2)12-13;1-11-7-17-16-9-18(20)14-4-3-12(21)8-15(14)13(16)5-6-19(17,2)10-11/h4-8,11-12,16-17,19,27H,13-15,18H2,1-3H3;3-7,10-11,15-16,18,26,28H,12-14,17H2,1-2H3;4-5,9-10,12,18H,6-8,11H2,1-3H3;4-7,11,13,19H,8-10,12H2,1-3H3;3-4,8-9,11,17,21H,5-7,10H2,1-2H3/t19-,27-,28+;18-,26-,27+;12-,18-,20+;13-,19-,20+;11-,17-,19+/m00000/s1. The van der Waals surface area contributed by atoms with Gasteiger partial charge in [0.05, 0.1) is 21.3 Å². The first-order valence-electron chi connectivity index (χ1n) is 45.6. The number of hydrogen-bond donors (Lipinski definition) is 2. The molecule has 15 atom stereocenters. The molecule has 0 bridgehead atoms. The van der Waals surface area contributed by atoms with Gasteiger partial charge in [-0.3, -0.25) is 0 Å². The fraction of sp³-hybridized carbons (Fsp3) is 0.421. The molecular weight excluding hydrogens is 1610 g/mol. The fourth-order valence-electron chi connectivity index (χ4n) is 26.6. The van der Waals surface area contributed by atoms with Crippen molar-refractivity contribution >= 4 is 85.7 Å². The molecule has 10 aliphatic rings. The van der Waals surface area contributed by atoms with Crippen molar-refractivity contribution in [3.05, 3.63) is 275 Å². The molecule has 10 aliphatic carbocycles. The van der Waals surface area contributed by atoms with Crippen molar-refractivity contribution in [2.24, 2.45) is 56.7 Å². The van der Waals surface area contributed by atoms with Gasteiger partial charge in [-0.15, -0.1) is 0 Å². The van der Waals surface area contributed by atoms with Gasteiger partial charge in [0.15, 0.2) is 0 Å². The predicted octanol–water partition coefficient (Wildman–Crippen LogP) is 30.3. The van der Waals surface area contributed by atoms with E-state index in [1.165, 1.54) is 194 Å². The lowest BCUT2D eigenvalue weighted by atomic mass is 9.66. The van der Waals surface area contributed by atoms with Gasteiger partial charge in [0.25, 0.3) is 0 Å². The van der Waals surface area contributed by atoms with Crippen LogP contribution in [0.4, 0.5) is 0 Å². The van der Waals surface area contributed by atoms with E-state index in [0.29, 0.717) is 56.3 Å². The monoisotopic (exact) mass is 1730 g/mol. The van der Waals surface area contributed by atoms with Crippen LogP contribution in [0.25, 0.3) is 53.9 Å². The second-order valence-electron chi connectivity index (χ2n) is 40.8. The first-order valence-corrected chi connectivity index (χ1v) is 47.2. The number of benzene rings is 12. The Labute approximate surface area is 737 Å². The summed E-state index contributed by atoms with van der Waals surface area (Å²) in [5, 5.41) is 32.9. The summed E-state index contributed by atoms with van der Waals surface area (Å²) in [7, 11) is 5.26. The van der Waals surface area contributed by atoms with Crippen LogP contribution in [0, 0.1) is 80.3 Å². The van der Waals surface area contributed by atoms with E-state index in [9.17, 15) is 10.2 Å². The van der Waals surface area contributed by atoms with E-state index < -0.39 is 0 Å². The second-order valence-corrected chi connectivity index (χ2v) is 42.5. The number of phenols is 2. The van der Waals surface area contributed by atoms with Crippen molar-refractivity contribution in [3.63, 3.8) is 0 Å². The molecule has 0 spiro atoms. The SMILES string of the molecule is COc1ccc2c(Br)cc3c(c2c1)CC[C@]1(C)C[C@@H](C)C[C@@H]31.COc1ccc2c(C#Cc3ccccc3)cc3c(c2c1)CC[C@]1(C)C[C@@H](C)C[C@@H]31.COc1ccc2ccc3c(c2c1)CC[C@]1(C)C[C@@H](C)C[C@@H]31.C[C@H]1C[C@H]2c3cc(Br)c4ccc(O)cc4c3CC[C@]2(C)C1.C[C@H]1C[C@H]2c3cc(C#Cc4ccccc4)c4ccc(O)cc4c3CC[C@]2(C)C1. The molecule has 5 fully saturated rings. The van der Waals surface area contributed by atoms with Crippen molar-refractivity contribution in [1.82, 2.24) is 0 Å². The van der Waals surface area contributed by atoms with Gasteiger partial charge in [-0.1, -0.05) is 179 Å². The Morgan fingerprint density at radius 3 is 0.967 bits per heavy atom. The molecule has 121 heavy (non-hydrogen) atoms. The Hall–Kier alpha value is -8.98. The third-order valence-electron chi connectivity index (χ3n) is 32.1. The largest absolute Gasteiger partial charge is 0.508 e. The molecule has 0 amide bonds. The molecule has 22 rings (SSSR count). The summed E-state index contributed by atoms with van der Waals surface area (Å²) in [6.45, 7) is 24.5. The molecule has 622 valence electrons. The Bertz CT molecular complexity index is 6160. The summed E-state index contributed by atoms with van der Waals surface area (Å²) in [6.07, 6.45) is 25.7. The Kier molecular flexibility index (Phi) is 22.6. The zero-order chi connectivity index (χ0) is 84.2. The molecule has 7 heteroatoms. The summed E-state index contributed by atoms with van der Waals surface area (Å²) in [5.41, 5.74) is 22.0. The summed E-state index contributed by atoms with van der Waals surface area (Å²) >= 11 is 7.56. The van der Waals surface area contributed by atoms with Gasteiger partial charge in [-0.25, -0.2) is 0 Å². The van der Waals surface area contributed by atoms with Crippen LogP contribution in [0.5, 0.6) is 28.7 Å². The smallest absolute Gasteiger partial charge is 0.119 e. The highest BCUT2D eigenvalue weighted by atomic mass is 79.9. The fourth-order valence-corrected chi connectivity index (χ4v) is 27.8. The van der Waals surface area contributed by atoms with E-state index >= 15 is 0 Å². The number of halogens is 2. The highest BCUT2D eigenvalue weighted by Crippen LogP contribution is 2.64. The zero-order valence-electron chi connectivity index (χ0n) is 73.7. The summed E-state index contributed by atoms with van der Waals surface area (Å²) in [6, 6.07) is 65.7. The average molecular weight is 1730 g/mol. The highest BCUT2D eigenvalue weighted by Gasteiger charge is 2.51. The Morgan fingerprint density at radius 1 is 0.298 bits per heavy atom. The zero-order valence-corrected chi connectivity index (χ0v) is 76.9. The number of aryl methyl sites for hydroxylation is 5. The van der Waals surface area contributed by atoms with Gasteiger partial charge in [0, 0.05) is 31.2 Å². The van der Waals surface area contributed by atoms with Gasteiger partial charge in [-0.2, -0.15) is 0 Å². The van der Waals surface area contributed by atoms with E-state index in [2.05, 4.69) is 240 Å². The average Bonchev–Trinajstić information content (AvgIpc) is 1.65. The van der Waals surface area contributed by atoms with E-state index in [-0.39, 0.29) is 0 Å². The van der Waals surface area contributed by atoms with Crippen LogP contribution in [0.3, 0.4) is 0 Å². The van der Waals surface area contributed by atoms with E-state index in [1.54, 1.807) is 61.3 Å². The minimum absolute atomic E-state index is 0.344. The first-order chi connectivity index (χ1) is 58.2. The van der Waals surface area contributed by atoms with Crippen molar-refractivity contribution in [1.29, 1.82) is 0 Å². The lowest BCUT2D eigenvalue weighted by molar-refractivity contribution is 0.248. The molecular formula is C114H122Br2O5. The molecule has 2 N–H and O–H groups in total. The number of hydrogen-bond acceptors (Lipinski definition) is 5. The number of methoxy groups -OCH3 is 3. The van der Waals surface area contributed by atoms with Crippen molar-refractivity contribution in [2.45, 2.75) is 227 Å². The quantitative estimate of drug-likeness (QED) is 0.173. The first kappa shape index (κ1) is 82.9. The number of ether oxygens (including phenoxy) is 3. The maximum Gasteiger partial charge on any atom is 0.119 e. The molecule has 5 nitrogen and oxygen atoms in total. The molecule has 0 radical (unpaired) electrons. The minimum atomic E-state index is 0.344. The number of rotatable bonds is 3. The van der Waals surface area contributed by atoms with Crippen LogP contribution in [0.1, 0.15) is 273 Å². The number of phenolic OH excluding ortho intramolecular Hbond substituents is 2. The van der Waals surface area contributed by atoms with E-state index in [4.69, 9.17) is 14.2 Å². The van der Waals surface area contributed by atoms with Crippen molar-refractivity contribution < 1.29 is 24.4 Å². The van der Waals surface area contributed by atoms with Gasteiger partial charge < -0.3 is 24.4 Å². The van der Waals surface area contributed by atoms with Gasteiger partial charge in [0.2, 0.25) is 0 Å². The lowest BCUT2D eigenvalue weighted by Gasteiger charge is -2.38. The van der Waals surface area contributed by atoms with Crippen LogP contribution in [0.2, 0.25) is 0 Å². The number of fused-ring (bicyclic) bond motifs is 25. The maximum absolute atomic E-state index is 10.2. The maximum atomic E-state index is 10.2. The van der Waals surface area contributed by atoms with Gasteiger partial charge >= 0.3 is 0 Å². The Balaban J connectivity index is 0.000000104. The highest BCUT2D eigenvalue weighted by molar-refractivity contribution is 9.11. The topological polar surface area (TPSA) is 68.2 Å². The van der Waals surface area contributed by atoms with Crippen LogP contribution >= 0.6 is 31.9 Å². The van der Waals surface area contributed by atoms with Gasteiger partial charge in [-0.05, 0) is 458 Å². The van der Waals surface area contributed by atoms with Crippen molar-refractivity contribution in [3.8, 4) is 52.4 Å². The molecule has 12 aromatic carbocycles. The van der Waals surface area contributed by atoms with Crippen LogP contribution < -0.4 is 14.2 Å². The third kappa shape index (κ3) is 15.7. The third-order valence-corrected chi connectivity index (χ3v) is 33.4. The molecule has 0 heterocycles. The molecule has 0 unspecified atom stereocenters. The number of aromatic hydroxyl groups is 2. The Morgan fingerprint density at radius 2 is 0.587 bits per heavy atom. The van der Waals surface area contributed by atoms with E-state index in [0.717, 1.165) is 106 Å². The van der Waals surface area contributed by atoms with Crippen LogP contribution in [-0.4, -0.2) is 31.5 Å². The molecule has 12 aromatic rings.